The van der Waals surface area contributed by atoms with E-state index in [0.29, 0.717) is 11.8 Å². The Labute approximate surface area is 488 Å². The van der Waals surface area contributed by atoms with Crippen LogP contribution in [-0.4, -0.2) is 6.71 Å². The summed E-state index contributed by atoms with van der Waals surface area (Å²) >= 11 is 0. The van der Waals surface area contributed by atoms with E-state index in [1.807, 2.05) is 0 Å². The van der Waals surface area contributed by atoms with Crippen molar-refractivity contribution in [3.05, 3.63) is 148 Å². The molecule has 5 aliphatic carbocycles. The normalized spacial score (nSPS) is 25.7. The van der Waals surface area contributed by atoms with Crippen molar-refractivity contribution in [2.75, 3.05) is 9.80 Å². The molecule has 2 atom stereocenters. The second-order valence-corrected chi connectivity index (χ2v) is 33.0. The highest BCUT2D eigenvalue weighted by Gasteiger charge is 2.53. The Morgan fingerprint density at radius 3 is 1.52 bits per heavy atom. The van der Waals surface area contributed by atoms with Crippen LogP contribution in [0.1, 0.15) is 233 Å². The molecular formula is C77H93BN2O. The number of fused-ring (bicyclic) bond motifs is 11. The maximum absolute atomic E-state index is 7.93. The third-order valence-corrected chi connectivity index (χ3v) is 23.1. The highest BCUT2D eigenvalue weighted by molar-refractivity contribution is 7.00. The predicted molar refractivity (Wildman–Crippen MR) is 347 cm³/mol. The largest absolute Gasteiger partial charge is 0.468 e. The average molecular weight is 1070 g/mol. The molecule has 7 aromatic rings. The third-order valence-electron chi connectivity index (χ3n) is 23.1. The molecule has 14 rings (SSSR count). The van der Waals surface area contributed by atoms with Crippen LogP contribution in [0.25, 0.3) is 22.1 Å². The van der Waals surface area contributed by atoms with Gasteiger partial charge in [-0.1, -0.05) is 166 Å². The molecule has 420 valence electrons. The van der Waals surface area contributed by atoms with Gasteiger partial charge in [-0.15, -0.1) is 0 Å². The molecule has 0 radical (unpaired) electrons. The van der Waals surface area contributed by atoms with Gasteiger partial charge in [0.1, 0.15) is 5.58 Å². The molecule has 3 nitrogen and oxygen atoms in total. The summed E-state index contributed by atoms with van der Waals surface area (Å²) in [5.41, 5.74) is 27.2. The lowest BCUT2D eigenvalue weighted by Gasteiger charge is -2.52. The molecule has 7 aliphatic rings. The average Bonchev–Trinajstić information content (AvgIpc) is 2.05. The molecule has 2 fully saturated rings. The van der Waals surface area contributed by atoms with Crippen LogP contribution in [0.15, 0.2) is 108 Å². The van der Waals surface area contributed by atoms with Crippen molar-refractivity contribution in [2.24, 2.45) is 17.8 Å². The zero-order chi connectivity index (χ0) is 57.1. The van der Waals surface area contributed by atoms with Gasteiger partial charge in [-0.2, -0.15) is 0 Å². The van der Waals surface area contributed by atoms with E-state index in [0.717, 1.165) is 49.3 Å². The van der Waals surface area contributed by atoms with Crippen LogP contribution in [0.3, 0.4) is 0 Å². The smallest absolute Gasteiger partial charge is 0.297 e. The van der Waals surface area contributed by atoms with Gasteiger partial charge in [0.05, 0.1) is 17.0 Å². The molecule has 2 unspecified atom stereocenters. The molecule has 4 heteroatoms. The molecule has 6 aromatic carbocycles. The number of rotatable bonds is 4. The van der Waals surface area contributed by atoms with Crippen LogP contribution in [0.5, 0.6) is 0 Å². The van der Waals surface area contributed by atoms with Gasteiger partial charge in [0.2, 0.25) is 0 Å². The first-order valence-electron chi connectivity index (χ1n) is 31.9. The second kappa shape index (κ2) is 17.3. The summed E-state index contributed by atoms with van der Waals surface area (Å²) in [4.78, 5) is 5.59. The number of hydrogen-bond donors (Lipinski definition) is 0. The van der Waals surface area contributed by atoms with Gasteiger partial charge in [-0.25, -0.2) is 0 Å². The van der Waals surface area contributed by atoms with Crippen LogP contribution < -0.4 is 26.4 Å². The minimum Gasteiger partial charge on any atom is -0.468 e. The molecule has 0 saturated heterocycles. The van der Waals surface area contributed by atoms with Crippen molar-refractivity contribution in [1.29, 1.82) is 0 Å². The van der Waals surface area contributed by atoms with E-state index >= 15 is 0 Å². The van der Waals surface area contributed by atoms with Crippen molar-refractivity contribution < 1.29 is 4.42 Å². The molecule has 0 spiro atoms. The number of nitrogens with zero attached hydrogens (tertiary/aromatic N) is 2. The fourth-order valence-corrected chi connectivity index (χ4v) is 18.2. The Morgan fingerprint density at radius 2 is 0.975 bits per heavy atom. The maximum atomic E-state index is 7.93. The van der Waals surface area contributed by atoms with Crippen LogP contribution in [-0.2, 0) is 43.3 Å². The lowest BCUT2D eigenvalue weighted by atomic mass is 9.35. The monoisotopic (exact) mass is 1070 g/mol. The van der Waals surface area contributed by atoms with Gasteiger partial charge < -0.3 is 14.2 Å². The van der Waals surface area contributed by atoms with E-state index in [2.05, 4.69) is 231 Å². The number of anilines is 6. The fraction of sp³-hybridized carbons (Fsp3) is 0.506. The van der Waals surface area contributed by atoms with Crippen LogP contribution in [0, 0.1) is 17.8 Å². The molecule has 2 saturated carbocycles. The summed E-state index contributed by atoms with van der Waals surface area (Å²) in [6, 6.07) is 42.7. The lowest BCUT2D eigenvalue weighted by Crippen LogP contribution is -2.61. The van der Waals surface area contributed by atoms with Gasteiger partial charge in [0.25, 0.3) is 6.71 Å². The van der Waals surface area contributed by atoms with E-state index < -0.39 is 0 Å². The summed E-state index contributed by atoms with van der Waals surface area (Å²) in [6.07, 6.45) is 13.4. The Kier molecular flexibility index (Phi) is 11.4. The minimum atomic E-state index is -0.138. The van der Waals surface area contributed by atoms with E-state index in [-0.39, 0.29) is 50.0 Å². The Hall–Kier alpha value is -5.48. The first-order valence-corrected chi connectivity index (χ1v) is 31.9. The summed E-state index contributed by atoms with van der Waals surface area (Å²) in [6.45, 7) is 42.1. The van der Waals surface area contributed by atoms with Gasteiger partial charge >= 0.3 is 0 Å². The standard InChI is InChI=1S/C77H93BN2O/c1-46-33-48-34-47(2)44-77(43-46,45-48)51-35-64-67-65(36-51)80(62-40-58-55(71(6,7)27-30-74(58,12)13)37-53(62)49-21-19-18-20-22-49)63-41-59-57(73(10,11)29-31-75(59,14)15)39-61(63)78(67)69-68(79(64)52-25-23-50(24-26-52)70(3,4)5)54-38-56-60(42-66(54)81-69)76(16,17)32-28-72(56,8)9/h18-26,35-42,46-48H,27-34,43-45H2,1-17H3. The van der Waals surface area contributed by atoms with E-state index in [1.54, 1.807) is 5.56 Å². The first-order chi connectivity index (χ1) is 38.0. The first kappa shape index (κ1) is 53.5. The van der Waals surface area contributed by atoms with Crippen LogP contribution in [0.2, 0.25) is 0 Å². The molecule has 3 heterocycles. The van der Waals surface area contributed by atoms with Gasteiger partial charge in [-0.3, -0.25) is 0 Å². The Morgan fingerprint density at radius 1 is 0.494 bits per heavy atom. The van der Waals surface area contributed by atoms with Crippen molar-refractivity contribution >= 4 is 68.4 Å². The maximum Gasteiger partial charge on any atom is 0.297 e. The quantitative estimate of drug-likeness (QED) is 0.164. The fourth-order valence-electron chi connectivity index (χ4n) is 18.2. The topological polar surface area (TPSA) is 19.6 Å². The highest BCUT2D eigenvalue weighted by Crippen LogP contribution is 2.60. The molecule has 0 amide bonds. The zero-order valence-electron chi connectivity index (χ0n) is 52.7. The van der Waals surface area contributed by atoms with Crippen molar-refractivity contribution in [2.45, 2.75) is 232 Å². The predicted octanol–water partition coefficient (Wildman–Crippen LogP) is 19.6. The van der Waals surface area contributed by atoms with Crippen molar-refractivity contribution in [3.8, 4) is 11.1 Å². The Balaban J connectivity index is 1.17. The molecule has 2 bridgehead atoms. The number of furan rings is 1. The van der Waals surface area contributed by atoms with Crippen LogP contribution in [0.4, 0.5) is 34.1 Å². The summed E-state index contributed by atoms with van der Waals surface area (Å²) in [5.74, 6) is 2.09. The van der Waals surface area contributed by atoms with Crippen molar-refractivity contribution in [1.82, 2.24) is 0 Å². The summed E-state index contributed by atoms with van der Waals surface area (Å²) < 4.78 is 7.93. The minimum absolute atomic E-state index is 0.000798. The molecule has 81 heavy (non-hydrogen) atoms. The molecule has 1 aromatic heterocycles. The SMILES string of the molecule is CC1CC2CC(C)CC(c3cc4c5c(c3)N(c3ccc(C(C)(C)C)cc3)c3c(oc6cc7c(cc36)C(C)(C)CCC7(C)C)B5c3cc5c(cc3N4c3cc4c(cc3-c3ccccc3)C(C)(C)CCC4(C)C)C(C)(C)CCC5(C)C)(C1)C2. The summed E-state index contributed by atoms with van der Waals surface area (Å²) in [7, 11) is 0. The zero-order valence-corrected chi connectivity index (χ0v) is 52.7. The van der Waals surface area contributed by atoms with E-state index in [4.69, 9.17) is 4.42 Å². The van der Waals surface area contributed by atoms with Crippen LogP contribution >= 0.6 is 0 Å². The van der Waals surface area contributed by atoms with Gasteiger partial charge in [0.15, 0.2) is 0 Å². The van der Waals surface area contributed by atoms with E-state index in [1.165, 1.54) is 139 Å². The van der Waals surface area contributed by atoms with E-state index in [9.17, 15) is 0 Å². The lowest BCUT2D eigenvalue weighted by molar-refractivity contribution is 0.0781. The second-order valence-electron chi connectivity index (χ2n) is 33.0. The molecule has 0 N–H and O–H groups in total. The number of benzene rings is 6. The van der Waals surface area contributed by atoms with Gasteiger partial charge in [0, 0.05) is 33.7 Å². The molecular weight excluding hydrogens is 980 g/mol. The third kappa shape index (κ3) is 8.06. The molecule has 2 aliphatic heterocycles. The van der Waals surface area contributed by atoms with Gasteiger partial charge in [-0.05, 0) is 247 Å². The van der Waals surface area contributed by atoms with Crippen molar-refractivity contribution in [3.63, 3.8) is 0 Å². The highest BCUT2D eigenvalue weighted by atomic mass is 16.3. The number of hydrogen-bond acceptors (Lipinski definition) is 3. The Bertz CT molecular complexity index is 3720. The summed E-state index contributed by atoms with van der Waals surface area (Å²) in [5, 5.41) is 1.25.